The first-order valence-electron chi connectivity index (χ1n) is 8.34. The van der Waals surface area contributed by atoms with Crippen LogP contribution in [0, 0.1) is 5.92 Å². The molecule has 0 saturated heterocycles. The number of amides is 1. The van der Waals surface area contributed by atoms with E-state index in [2.05, 4.69) is 5.32 Å². The molecule has 1 aromatic rings. The Morgan fingerprint density at radius 2 is 2.08 bits per heavy atom. The molecule has 0 bridgehead atoms. The highest BCUT2D eigenvalue weighted by Crippen LogP contribution is 2.28. The number of ether oxygens (including phenoxy) is 2. The predicted molar refractivity (Wildman–Crippen MR) is 90.6 cm³/mol. The van der Waals surface area contributed by atoms with Crippen LogP contribution in [0.2, 0.25) is 0 Å². The lowest BCUT2D eigenvalue weighted by atomic mass is 10.0. The zero-order valence-electron chi connectivity index (χ0n) is 14.5. The summed E-state index contributed by atoms with van der Waals surface area (Å²) in [5, 5.41) is 2.53. The average Bonchev–Trinajstić information content (AvgIpc) is 2.52. The number of hydrogen-bond donors (Lipinski definition) is 2. The molecule has 0 radical (unpaired) electrons. The molecule has 0 spiro atoms. The minimum atomic E-state index is -0.610. The largest absolute Gasteiger partial charge is 0.487 e. The van der Waals surface area contributed by atoms with Crippen LogP contribution in [0.4, 0.5) is 0 Å². The van der Waals surface area contributed by atoms with Crippen LogP contribution in [-0.4, -0.2) is 36.7 Å². The fraction of sp³-hybridized carbons (Fsp3) is 0.556. The average molecular weight is 334 g/mol. The summed E-state index contributed by atoms with van der Waals surface area (Å²) < 4.78 is 11.2. The number of benzene rings is 1. The summed E-state index contributed by atoms with van der Waals surface area (Å²) in [7, 11) is 0. The maximum atomic E-state index is 12.0. The summed E-state index contributed by atoms with van der Waals surface area (Å²) in [5.41, 5.74) is 6.79. The topological polar surface area (TPSA) is 90.7 Å². The van der Waals surface area contributed by atoms with E-state index in [1.54, 1.807) is 0 Å². The smallest absolute Gasteiger partial charge is 0.325 e. The van der Waals surface area contributed by atoms with Crippen molar-refractivity contribution in [3.05, 3.63) is 29.8 Å². The van der Waals surface area contributed by atoms with Gasteiger partial charge in [0.15, 0.2) is 0 Å². The molecule has 6 heteroatoms. The Morgan fingerprint density at radius 3 is 2.79 bits per heavy atom. The van der Waals surface area contributed by atoms with Gasteiger partial charge < -0.3 is 20.5 Å². The monoisotopic (exact) mass is 334 g/mol. The van der Waals surface area contributed by atoms with E-state index < -0.39 is 12.0 Å². The van der Waals surface area contributed by atoms with Gasteiger partial charge in [-0.25, -0.2) is 0 Å². The fourth-order valence-corrected chi connectivity index (χ4v) is 2.70. The predicted octanol–water partition coefficient (Wildman–Crippen LogP) is 1.41. The third-order valence-electron chi connectivity index (χ3n) is 3.98. The third-order valence-corrected chi connectivity index (χ3v) is 3.98. The Bertz CT molecular complexity index is 588. The number of fused-ring (bicyclic) bond motifs is 1. The standard InChI is InChI=1S/C18H26N2O4/c1-11(2)8-14(19)18(22)20-10-17(21)24-16-9-13-6-4-5-7-15(13)23-12(16)3/h4-7,11-12,14,16H,8-10,19H2,1-3H3,(H,20,22)/t12?,14-,16?/m0/s1. The molecule has 1 heterocycles. The van der Waals surface area contributed by atoms with Crippen LogP contribution in [0.1, 0.15) is 32.8 Å². The van der Waals surface area contributed by atoms with Crippen molar-refractivity contribution in [1.29, 1.82) is 0 Å². The molecule has 0 fully saturated rings. The molecule has 6 nitrogen and oxygen atoms in total. The molecule has 3 N–H and O–H groups in total. The molecule has 0 aromatic heterocycles. The minimum Gasteiger partial charge on any atom is -0.487 e. The van der Waals surface area contributed by atoms with Gasteiger partial charge in [0.25, 0.3) is 0 Å². The lowest BCUT2D eigenvalue weighted by Crippen LogP contribution is -2.45. The highest BCUT2D eigenvalue weighted by Gasteiger charge is 2.29. The van der Waals surface area contributed by atoms with Crippen molar-refractivity contribution in [3.8, 4) is 5.75 Å². The van der Waals surface area contributed by atoms with Crippen LogP contribution in [-0.2, 0) is 20.7 Å². The number of nitrogens with two attached hydrogens (primary N) is 1. The van der Waals surface area contributed by atoms with E-state index >= 15 is 0 Å². The molecule has 132 valence electrons. The van der Waals surface area contributed by atoms with E-state index in [1.807, 2.05) is 45.0 Å². The molecule has 1 aliphatic heterocycles. The van der Waals surface area contributed by atoms with Crippen LogP contribution < -0.4 is 15.8 Å². The van der Waals surface area contributed by atoms with Gasteiger partial charge in [-0.1, -0.05) is 32.0 Å². The molecule has 2 rings (SSSR count). The van der Waals surface area contributed by atoms with Gasteiger partial charge in [-0.05, 0) is 30.9 Å². The van der Waals surface area contributed by atoms with Crippen LogP contribution >= 0.6 is 0 Å². The first-order valence-corrected chi connectivity index (χ1v) is 8.34. The van der Waals surface area contributed by atoms with E-state index in [0.29, 0.717) is 18.8 Å². The van der Waals surface area contributed by atoms with Gasteiger partial charge in [0.05, 0.1) is 6.04 Å². The maximum absolute atomic E-state index is 12.0. The van der Waals surface area contributed by atoms with Gasteiger partial charge >= 0.3 is 5.97 Å². The Kier molecular flexibility index (Phi) is 6.20. The second-order valence-electron chi connectivity index (χ2n) is 6.62. The van der Waals surface area contributed by atoms with Crippen LogP contribution in [0.15, 0.2) is 24.3 Å². The minimum absolute atomic E-state index is 0.185. The summed E-state index contributed by atoms with van der Waals surface area (Å²) in [6.07, 6.45) is 0.575. The van der Waals surface area contributed by atoms with E-state index in [9.17, 15) is 9.59 Å². The number of hydrogen-bond acceptors (Lipinski definition) is 5. The van der Waals surface area contributed by atoms with Gasteiger partial charge in [0, 0.05) is 6.42 Å². The molecule has 24 heavy (non-hydrogen) atoms. The molecule has 2 unspecified atom stereocenters. The van der Waals surface area contributed by atoms with Crippen LogP contribution in [0.5, 0.6) is 5.75 Å². The highest BCUT2D eigenvalue weighted by atomic mass is 16.6. The van der Waals surface area contributed by atoms with Crippen molar-refractivity contribution in [2.24, 2.45) is 11.7 Å². The number of esters is 1. The van der Waals surface area contributed by atoms with Crippen molar-refractivity contribution in [2.45, 2.75) is 51.9 Å². The number of rotatable bonds is 6. The summed E-state index contributed by atoms with van der Waals surface area (Å²) in [6.45, 7) is 5.66. The second kappa shape index (κ2) is 8.15. The summed E-state index contributed by atoms with van der Waals surface area (Å²) >= 11 is 0. The Hall–Kier alpha value is -2.08. The maximum Gasteiger partial charge on any atom is 0.325 e. The molecule has 3 atom stereocenters. The highest BCUT2D eigenvalue weighted by molar-refractivity contribution is 5.85. The van der Waals surface area contributed by atoms with Crippen molar-refractivity contribution in [3.63, 3.8) is 0 Å². The van der Waals surface area contributed by atoms with Gasteiger partial charge in [0.2, 0.25) is 5.91 Å². The molecular weight excluding hydrogens is 308 g/mol. The number of carbonyl (C=O) groups is 2. The number of para-hydroxylation sites is 1. The van der Waals surface area contributed by atoms with Crippen LogP contribution in [0.3, 0.4) is 0 Å². The quantitative estimate of drug-likeness (QED) is 0.768. The Labute approximate surface area is 142 Å². The number of carbonyl (C=O) groups excluding carboxylic acids is 2. The van der Waals surface area contributed by atoms with Gasteiger partial charge in [-0.3, -0.25) is 9.59 Å². The molecule has 1 aromatic carbocycles. The van der Waals surface area contributed by atoms with Gasteiger partial charge in [-0.15, -0.1) is 0 Å². The lowest BCUT2D eigenvalue weighted by molar-refractivity contribution is -0.154. The first-order chi connectivity index (χ1) is 11.4. The molecule has 1 amide bonds. The molecular formula is C18H26N2O4. The van der Waals surface area contributed by atoms with Crippen molar-refractivity contribution in [2.75, 3.05) is 6.54 Å². The van der Waals surface area contributed by atoms with E-state index in [4.69, 9.17) is 15.2 Å². The zero-order valence-corrected chi connectivity index (χ0v) is 14.5. The van der Waals surface area contributed by atoms with E-state index in [0.717, 1.165) is 11.3 Å². The summed E-state index contributed by atoms with van der Waals surface area (Å²) in [4.78, 5) is 23.8. The molecule has 0 saturated carbocycles. The normalized spacial score (nSPS) is 20.7. The van der Waals surface area contributed by atoms with Gasteiger partial charge in [-0.2, -0.15) is 0 Å². The molecule has 1 aliphatic rings. The van der Waals surface area contributed by atoms with E-state index in [1.165, 1.54) is 0 Å². The van der Waals surface area contributed by atoms with Crippen molar-refractivity contribution < 1.29 is 19.1 Å². The van der Waals surface area contributed by atoms with Crippen molar-refractivity contribution in [1.82, 2.24) is 5.32 Å². The SMILES string of the molecule is CC(C)C[C@H](N)C(=O)NCC(=O)OC1Cc2ccccc2OC1C. The first kappa shape index (κ1) is 18.3. The second-order valence-corrected chi connectivity index (χ2v) is 6.62. The fourth-order valence-electron chi connectivity index (χ4n) is 2.70. The van der Waals surface area contributed by atoms with Crippen molar-refractivity contribution >= 4 is 11.9 Å². The zero-order chi connectivity index (χ0) is 17.7. The Morgan fingerprint density at radius 1 is 1.38 bits per heavy atom. The Balaban J connectivity index is 1.81. The molecule has 0 aliphatic carbocycles. The number of nitrogens with one attached hydrogen (secondary N) is 1. The third kappa shape index (κ3) is 4.96. The van der Waals surface area contributed by atoms with Gasteiger partial charge in [0.1, 0.15) is 24.5 Å². The lowest BCUT2D eigenvalue weighted by Gasteiger charge is -2.31. The summed E-state index contributed by atoms with van der Waals surface area (Å²) in [5.74, 6) is 0.321. The van der Waals surface area contributed by atoms with Crippen LogP contribution in [0.25, 0.3) is 0 Å². The summed E-state index contributed by atoms with van der Waals surface area (Å²) in [6, 6.07) is 7.08. The van der Waals surface area contributed by atoms with E-state index in [-0.39, 0.29) is 24.7 Å².